The van der Waals surface area contributed by atoms with Gasteiger partial charge < -0.3 is 9.84 Å². The van der Waals surface area contributed by atoms with E-state index in [1.54, 1.807) is 0 Å². The topological polar surface area (TPSA) is 63.6 Å². The van der Waals surface area contributed by atoms with E-state index in [2.05, 4.69) is 6.92 Å². The Balaban J connectivity index is 2.08. The highest BCUT2D eigenvalue weighted by Gasteiger charge is 2.36. The van der Waals surface area contributed by atoms with Crippen molar-refractivity contribution < 1.29 is 19.4 Å². The third kappa shape index (κ3) is 7.28. The van der Waals surface area contributed by atoms with E-state index in [9.17, 15) is 14.7 Å². The molecule has 0 aliphatic heterocycles. The monoisotopic (exact) mass is 312 g/mol. The third-order valence-electron chi connectivity index (χ3n) is 4.63. The molecule has 0 saturated heterocycles. The zero-order chi connectivity index (χ0) is 16.2. The molecule has 1 fully saturated rings. The second-order valence-electron chi connectivity index (χ2n) is 6.48. The Morgan fingerprint density at radius 1 is 0.909 bits per heavy atom. The van der Waals surface area contributed by atoms with Crippen LogP contribution in [0.15, 0.2) is 0 Å². The first-order valence-electron chi connectivity index (χ1n) is 9.06. The number of carboxylic acid groups (broad SMARTS) is 1. The van der Waals surface area contributed by atoms with Crippen molar-refractivity contribution in [2.45, 2.75) is 84.0 Å². The predicted molar refractivity (Wildman–Crippen MR) is 86.7 cm³/mol. The number of unbranched alkanes of at least 4 members (excludes halogenated alkanes) is 7. The summed E-state index contributed by atoms with van der Waals surface area (Å²) in [5.41, 5.74) is 0. The fraction of sp³-hybridized carbons (Fsp3) is 0.889. The van der Waals surface area contributed by atoms with Crippen LogP contribution in [-0.2, 0) is 14.3 Å². The Labute approximate surface area is 134 Å². The minimum atomic E-state index is -0.853. The summed E-state index contributed by atoms with van der Waals surface area (Å²) in [5, 5.41) is 9.18. The number of aliphatic carboxylic acids is 1. The molecule has 0 aromatic rings. The SMILES string of the molecule is CCCCCCCCCCOC(=O)[C@H]1CCCC[C@H]1C(=O)O. The highest BCUT2D eigenvalue weighted by atomic mass is 16.5. The Bertz CT molecular complexity index is 327. The minimum Gasteiger partial charge on any atom is -0.481 e. The molecule has 1 N–H and O–H groups in total. The first kappa shape index (κ1) is 19.0. The molecule has 0 aromatic heterocycles. The summed E-state index contributed by atoms with van der Waals surface area (Å²) in [7, 11) is 0. The quantitative estimate of drug-likeness (QED) is 0.448. The van der Waals surface area contributed by atoms with Crippen LogP contribution in [0, 0.1) is 11.8 Å². The summed E-state index contributed by atoms with van der Waals surface area (Å²) in [6, 6.07) is 0. The molecule has 1 aliphatic rings. The van der Waals surface area contributed by atoms with Crippen molar-refractivity contribution in [2.75, 3.05) is 6.61 Å². The number of rotatable bonds is 11. The molecule has 0 amide bonds. The molecule has 0 heterocycles. The first-order chi connectivity index (χ1) is 10.7. The molecule has 128 valence electrons. The lowest BCUT2D eigenvalue weighted by Gasteiger charge is -2.26. The molecule has 4 nitrogen and oxygen atoms in total. The van der Waals surface area contributed by atoms with E-state index >= 15 is 0 Å². The van der Waals surface area contributed by atoms with Gasteiger partial charge in [0.1, 0.15) is 0 Å². The van der Waals surface area contributed by atoms with Crippen LogP contribution in [0.1, 0.15) is 84.0 Å². The summed E-state index contributed by atoms with van der Waals surface area (Å²) in [6.07, 6.45) is 12.8. The van der Waals surface area contributed by atoms with Crippen LogP contribution >= 0.6 is 0 Å². The fourth-order valence-corrected chi connectivity index (χ4v) is 3.22. The maximum Gasteiger partial charge on any atom is 0.309 e. The second kappa shape index (κ2) is 11.5. The van der Waals surface area contributed by atoms with E-state index in [1.165, 1.54) is 38.5 Å². The summed E-state index contributed by atoms with van der Waals surface area (Å²) >= 11 is 0. The van der Waals surface area contributed by atoms with Gasteiger partial charge in [0, 0.05) is 0 Å². The van der Waals surface area contributed by atoms with E-state index in [0.29, 0.717) is 19.4 Å². The number of carbonyl (C=O) groups is 2. The van der Waals surface area contributed by atoms with E-state index < -0.39 is 17.8 Å². The lowest BCUT2D eigenvalue weighted by molar-refractivity contribution is -0.159. The molecular weight excluding hydrogens is 280 g/mol. The van der Waals surface area contributed by atoms with Crippen LogP contribution < -0.4 is 0 Å². The summed E-state index contributed by atoms with van der Waals surface area (Å²) < 4.78 is 5.30. The maximum atomic E-state index is 12.0. The van der Waals surface area contributed by atoms with E-state index in [-0.39, 0.29) is 5.97 Å². The van der Waals surface area contributed by atoms with Gasteiger partial charge in [0.2, 0.25) is 0 Å². The van der Waals surface area contributed by atoms with Crippen LogP contribution in [0.3, 0.4) is 0 Å². The van der Waals surface area contributed by atoms with Crippen LogP contribution in [0.5, 0.6) is 0 Å². The molecule has 22 heavy (non-hydrogen) atoms. The number of esters is 1. The Morgan fingerprint density at radius 3 is 2.05 bits per heavy atom. The van der Waals surface area contributed by atoms with Crippen molar-refractivity contribution in [2.24, 2.45) is 11.8 Å². The van der Waals surface area contributed by atoms with Gasteiger partial charge in [0.15, 0.2) is 0 Å². The van der Waals surface area contributed by atoms with Crippen molar-refractivity contribution in [1.29, 1.82) is 0 Å². The summed E-state index contributed by atoms with van der Waals surface area (Å²) in [6.45, 7) is 2.66. The van der Waals surface area contributed by atoms with Crippen molar-refractivity contribution in [3.8, 4) is 0 Å². The van der Waals surface area contributed by atoms with Gasteiger partial charge in [-0.1, -0.05) is 64.7 Å². The zero-order valence-electron chi connectivity index (χ0n) is 14.0. The first-order valence-corrected chi connectivity index (χ1v) is 9.06. The van der Waals surface area contributed by atoms with E-state index in [4.69, 9.17) is 4.74 Å². The fourth-order valence-electron chi connectivity index (χ4n) is 3.22. The summed E-state index contributed by atoms with van der Waals surface area (Å²) in [4.78, 5) is 23.2. The molecule has 0 spiro atoms. The lowest BCUT2D eigenvalue weighted by Crippen LogP contribution is -2.33. The standard InChI is InChI=1S/C18H32O4/c1-2-3-4-5-6-7-8-11-14-22-18(21)16-13-10-9-12-15(16)17(19)20/h15-16H,2-14H2,1H3,(H,19,20)/t15-,16+/m1/s1. The predicted octanol–water partition coefficient (Wildman–Crippen LogP) is 4.56. The van der Waals surface area contributed by atoms with Crippen molar-refractivity contribution in [1.82, 2.24) is 0 Å². The average Bonchev–Trinajstić information content (AvgIpc) is 2.53. The van der Waals surface area contributed by atoms with Crippen LogP contribution in [-0.4, -0.2) is 23.7 Å². The number of ether oxygens (including phenoxy) is 1. The zero-order valence-corrected chi connectivity index (χ0v) is 14.0. The molecule has 4 heteroatoms. The van der Waals surface area contributed by atoms with Gasteiger partial charge in [-0.3, -0.25) is 9.59 Å². The lowest BCUT2D eigenvalue weighted by atomic mass is 9.79. The smallest absolute Gasteiger partial charge is 0.309 e. The van der Waals surface area contributed by atoms with Gasteiger partial charge in [-0.25, -0.2) is 0 Å². The normalized spacial score (nSPS) is 21.5. The van der Waals surface area contributed by atoms with Crippen molar-refractivity contribution >= 4 is 11.9 Å². The van der Waals surface area contributed by atoms with Crippen LogP contribution in [0.4, 0.5) is 0 Å². The molecule has 0 bridgehead atoms. The number of hydrogen-bond acceptors (Lipinski definition) is 3. The van der Waals surface area contributed by atoms with Crippen molar-refractivity contribution in [3.05, 3.63) is 0 Å². The van der Waals surface area contributed by atoms with Gasteiger partial charge >= 0.3 is 11.9 Å². The van der Waals surface area contributed by atoms with Gasteiger partial charge in [-0.05, 0) is 19.3 Å². The van der Waals surface area contributed by atoms with Gasteiger partial charge in [0.25, 0.3) is 0 Å². The largest absolute Gasteiger partial charge is 0.481 e. The highest BCUT2D eigenvalue weighted by Crippen LogP contribution is 2.31. The van der Waals surface area contributed by atoms with Crippen LogP contribution in [0.25, 0.3) is 0 Å². The second-order valence-corrected chi connectivity index (χ2v) is 6.48. The van der Waals surface area contributed by atoms with E-state index in [1.807, 2.05) is 0 Å². The maximum absolute atomic E-state index is 12.0. The summed E-state index contributed by atoms with van der Waals surface area (Å²) in [5.74, 6) is -2.12. The third-order valence-corrected chi connectivity index (χ3v) is 4.63. The van der Waals surface area contributed by atoms with Crippen LogP contribution in [0.2, 0.25) is 0 Å². The number of carboxylic acids is 1. The minimum absolute atomic E-state index is 0.296. The van der Waals surface area contributed by atoms with E-state index in [0.717, 1.165) is 25.7 Å². The number of carbonyl (C=O) groups excluding carboxylic acids is 1. The molecule has 0 radical (unpaired) electrons. The highest BCUT2D eigenvalue weighted by molar-refractivity contribution is 5.81. The Morgan fingerprint density at radius 2 is 1.45 bits per heavy atom. The molecule has 1 saturated carbocycles. The Kier molecular flexibility index (Phi) is 9.93. The molecule has 0 unspecified atom stereocenters. The van der Waals surface area contributed by atoms with Gasteiger partial charge in [-0.15, -0.1) is 0 Å². The molecule has 2 atom stereocenters. The van der Waals surface area contributed by atoms with Gasteiger partial charge in [-0.2, -0.15) is 0 Å². The number of hydrogen-bond donors (Lipinski definition) is 1. The molecular formula is C18H32O4. The van der Waals surface area contributed by atoms with Gasteiger partial charge in [0.05, 0.1) is 18.4 Å². The molecule has 0 aromatic carbocycles. The molecule has 1 aliphatic carbocycles. The van der Waals surface area contributed by atoms with Crippen molar-refractivity contribution in [3.63, 3.8) is 0 Å². The Hall–Kier alpha value is -1.06. The average molecular weight is 312 g/mol. The molecule has 1 rings (SSSR count).